The first kappa shape index (κ1) is 20.3. The van der Waals surface area contributed by atoms with Crippen molar-refractivity contribution in [3.8, 4) is 5.75 Å². The van der Waals surface area contributed by atoms with Gasteiger partial charge < -0.3 is 10.1 Å². The second-order valence-electron chi connectivity index (χ2n) is 10.4. The molecule has 6 heteroatoms. The predicted molar refractivity (Wildman–Crippen MR) is 110 cm³/mol. The first-order valence-electron chi connectivity index (χ1n) is 11.5. The molecule has 4 fully saturated rings. The van der Waals surface area contributed by atoms with Crippen molar-refractivity contribution in [1.29, 1.82) is 0 Å². The van der Waals surface area contributed by atoms with E-state index in [-0.39, 0.29) is 29.0 Å². The third-order valence-electron chi connectivity index (χ3n) is 8.09. The number of halogens is 1. The lowest BCUT2D eigenvalue weighted by atomic mass is 9.62. The van der Waals surface area contributed by atoms with Crippen molar-refractivity contribution in [2.75, 3.05) is 6.61 Å². The lowest BCUT2D eigenvalue weighted by molar-refractivity contribution is -0.256. The van der Waals surface area contributed by atoms with Gasteiger partial charge in [-0.15, -0.1) is 0 Å². The van der Waals surface area contributed by atoms with Crippen LogP contribution in [0.25, 0.3) is 0 Å². The molecule has 0 radical (unpaired) electrons. The zero-order chi connectivity index (χ0) is 21.0. The fourth-order valence-electron chi connectivity index (χ4n) is 5.94. The first-order chi connectivity index (χ1) is 14.4. The monoisotopic (exact) mass is 417 g/mol. The van der Waals surface area contributed by atoms with E-state index in [1.54, 1.807) is 6.07 Å². The lowest BCUT2D eigenvalue weighted by Crippen LogP contribution is -2.41. The molecule has 6 atom stereocenters. The number of amides is 1. The van der Waals surface area contributed by atoms with Crippen molar-refractivity contribution in [2.45, 2.75) is 76.9 Å². The first-order valence-corrected chi connectivity index (χ1v) is 11.5. The van der Waals surface area contributed by atoms with Crippen LogP contribution in [0.5, 0.6) is 5.75 Å². The van der Waals surface area contributed by atoms with Gasteiger partial charge in [0.1, 0.15) is 11.6 Å². The Labute approximate surface area is 177 Å². The van der Waals surface area contributed by atoms with Crippen LogP contribution < -0.4 is 10.1 Å². The number of fused-ring (bicyclic) bond motifs is 1. The molecule has 0 bridgehead atoms. The molecular weight excluding hydrogens is 385 g/mol. The highest BCUT2D eigenvalue weighted by atomic mass is 19.1. The highest BCUT2D eigenvalue weighted by Gasteiger charge is 2.52. The van der Waals surface area contributed by atoms with Gasteiger partial charge in [0.05, 0.1) is 18.3 Å². The Bertz CT molecular complexity index is 841. The SMILES string of the molecule is CC1CC2CCC2(COc2cc(F)c(C(=O)NC(C)C3CC3OO)cc2C2CC2)C1. The number of ether oxygens (including phenoxy) is 1. The molecule has 1 aromatic carbocycles. The zero-order valence-electron chi connectivity index (χ0n) is 17.8. The van der Waals surface area contributed by atoms with Gasteiger partial charge in [0, 0.05) is 23.4 Å². The van der Waals surface area contributed by atoms with Gasteiger partial charge in [-0.3, -0.25) is 10.1 Å². The summed E-state index contributed by atoms with van der Waals surface area (Å²) < 4.78 is 21.2. The summed E-state index contributed by atoms with van der Waals surface area (Å²) in [4.78, 5) is 17.1. The van der Waals surface area contributed by atoms with Crippen molar-refractivity contribution < 1.29 is 24.1 Å². The van der Waals surface area contributed by atoms with E-state index in [2.05, 4.69) is 17.1 Å². The third-order valence-corrected chi connectivity index (χ3v) is 8.09. The lowest BCUT2D eigenvalue weighted by Gasteiger charge is -2.45. The van der Waals surface area contributed by atoms with E-state index in [0.29, 0.717) is 24.7 Å². The molecule has 0 spiro atoms. The fourth-order valence-corrected chi connectivity index (χ4v) is 5.94. The Balaban J connectivity index is 1.30. The molecule has 2 N–H and O–H groups in total. The number of hydrogen-bond acceptors (Lipinski definition) is 4. The Hall–Kier alpha value is -1.66. The topological polar surface area (TPSA) is 67.8 Å². The largest absolute Gasteiger partial charge is 0.493 e. The van der Waals surface area contributed by atoms with Crippen molar-refractivity contribution in [2.24, 2.45) is 23.2 Å². The van der Waals surface area contributed by atoms with Crippen LogP contribution in [0.15, 0.2) is 12.1 Å². The van der Waals surface area contributed by atoms with E-state index in [4.69, 9.17) is 9.99 Å². The molecule has 5 rings (SSSR count). The minimum absolute atomic E-state index is 0.0657. The van der Waals surface area contributed by atoms with Gasteiger partial charge in [0.25, 0.3) is 5.91 Å². The summed E-state index contributed by atoms with van der Waals surface area (Å²) >= 11 is 0. The summed E-state index contributed by atoms with van der Waals surface area (Å²) in [5.74, 6) is 1.59. The van der Waals surface area contributed by atoms with E-state index in [1.807, 2.05) is 6.92 Å². The average Bonchev–Trinajstić information content (AvgIpc) is 3.60. The molecular formula is C24H32FNO4. The maximum absolute atomic E-state index is 14.9. The Kier molecular flexibility index (Phi) is 5.05. The molecule has 4 saturated carbocycles. The molecule has 164 valence electrons. The minimum Gasteiger partial charge on any atom is -0.493 e. The summed E-state index contributed by atoms with van der Waals surface area (Å²) in [5.41, 5.74) is 1.32. The van der Waals surface area contributed by atoms with Crippen LogP contribution in [0.4, 0.5) is 4.39 Å². The standard InChI is InChI=1S/C24H32FNO4/c1-13-7-16-5-6-24(16,11-13)12-29-21-10-20(25)19(8-18(21)15-3-4-15)23(27)26-14(2)17-9-22(17)30-28/h8,10,13-17,22,28H,3-7,9,11-12H2,1-2H3,(H,26,27). The smallest absolute Gasteiger partial charge is 0.254 e. The van der Waals surface area contributed by atoms with Crippen LogP contribution in [-0.4, -0.2) is 29.9 Å². The van der Waals surface area contributed by atoms with Crippen molar-refractivity contribution >= 4 is 5.91 Å². The molecule has 5 nitrogen and oxygen atoms in total. The number of rotatable bonds is 8. The van der Waals surface area contributed by atoms with Crippen LogP contribution in [0.3, 0.4) is 0 Å². The molecule has 1 aromatic rings. The molecule has 0 aromatic heterocycles. The number of carbonyl (C=O) groups excluding carboxylic acids is 1. The average molecular weight is 418 g/mol. The molecule has 0 aliphatic heterocycles. The molecule has 4 aliphatic rings. The molecule has 0 saturated heterocycles. The van der Waals surface area contributed by atoms with Gasteiger partial charge >= 0.3 is 0 Å². The Morgan fingerprint density at radius 1 is 1.33 bits per heavy atom. The molecule has 4 aliphatic carbocycles. The molecule has 6 unspecified atom stereocenters. The second kappa shape index (κ2) is 7.49. The van der Waals surface area contributed by atoms with Crippen LogP contribution >= 0.6 is 0 Å². The number of hydrogen-bond donors (Lipinski definition) is 2. The summed E-state index contributed by atoms with van der Waals surface area (Å²) in [6.07, 6.45) is 7.56. The second-order valence-corrected chi connectivity index (χ2v) is 10.4. The summed E-state index contributed by atoms with van der Waals surface area (Å²) in [5, 5.41) is 11.6. The molecule has 1 amide bonds. The van der Waals surface area contributed by atoms with Crippen LogP contribution in [0.2, 0.25) is 0 Å². The summed E-state index contributed by atoms with van der Waals surface area (Å²) in [7, 11) is 0. The van der Waals surface area contributed by atoms with E-state index in [1.165, 1.54) is 31.7 Å². The van der Waals surface area contributed by atoms with Gasteiger partial charge in [-0.2, -0.15) is 0 Å². The maximum atomic E-state index is 14.9. The minimum atomic E-state index is -0.535. The normalized spacial score (nSPS) is 35.3. The van der Waals surface area contributed by atoms with Gasteiger partial charge in [-0.1, -0.05) is 6.92 Å². The Morgan fingerprint density at radius 2 is 2.13 bits per heavy atom. The fraction of sp³-hybridized carbons (Fsp3) is 0.708. The quantitative estimate of drug-likeness (QED) is 0.466. The van der Waals surface area contributed by atoms with Crippen LogP contribution in [0, 0.1) is 29.0 Å². The van der Waals surface area contributed by atoms with Gasteiger partial charge in [0.15, 0.2) is 0 Å². The highest BCUT2D eigenvalue weighted by Crippen LogP contribution is 2.59. The summed E-state index contributed by atoms with van der Waals surface area (Å²) in [6.45, 7) is 4.84. The number of benzene rings is 1. The molecule has 0 heterocycles. The highest BCUT2D eigenvalue weighted by molar-refractivity contribution is 5.95. The van der Waals surface area contributed by atoms with Crippen molar-refractivity contribution in [3.63, 3.8) is 0 Å². The van der Waals surface area contributed by atoms with Crippen molar-refractivity contribution in [3.05, 3.63) is 29.1 Å². The number of carbonyl (C=O) groups is 1. The molecule has 30 heavy (non-hydrogen) atoms. The van der Waals surface area contributed by atoms with Crippen LogP contribution in [-0.2, 0) is 4.89 Å². The van der Waals surface area contributed by atoms with E-state index in [9.17, 15) is 9.18 Å². The maximum Gasteiger partial charge on any atom is 0.254 e. The zero-order valence-corrected chi connectivity index (χ0v) is 17.8. The Morgan fingerprint density at radius 3 is 2.73 bits per heavy atom. The van der Waals surface area contributed by atoms with Crippen molar-refractivity contribution in [1.82, 2.24) is 5.32 Å². The third kappa shape index (κ3) is 3.62. The number of nitrogens with one attached hydrogen (secondary N) is 1. The van der Waals surface area contributed by atoms with Gasteiger partial charge in [-0.05, 0) is 81.3 Å². The summed E-state index contributed by atoms with van der Waals surface area (Å²) in [6, 6.07) is 2.94. The van der Waals surface area contributed by atoms with E-state index in [0.717, 1.165) is 30.2 Å². The predicted octanol–water partition coefficient (Wildman–Crippen LogP) is 4.90. The van der Waals surface area contributed by atoms with Gasteiger partial charge in [0.2, 0.25) is 0 Å². The van der Waals surface area contributed by atoms with E-state index < -0.39 is 11.7 Å². The van der Waals surface area contributed by atoms with E-state index >= 15 is 0 Å². The van der Waals surface area contributed by atoms with Gasteiger partial charge in [-0.25, -0.2) is 9.28 Å². The van der Waals surface area contributed by atoms with Crippen LogP contribution in [0.1, 0.15) is 80.6 Å².